The van der Waals surface area contributed by atoms with E-state index in [1.165, 1.54) is 37.3 Å². The number of amides is 2. The highest BCUT2D eigenvalue weighted by molar-refractivity contribution is 7.86. The van der Waals surface area contributed by atoms with E-state index in [0.29, 0.717) is 11.3 Å². The van der Waals surface area contributed by atoms with Gasteiger partial charge in [-0.05, 0) is 48.9 Å². The minimum Gasteiger partial charge on any atom is -0.508 e. The quantitative estimate of drug-likeness (QED) is 0.273. The molecule has 0 aromatic heterocycles. The number of benzene rings is 2. The van der Waals surface area contributed by atoms with Crippen molar-refractivity contribution in [2.24, 2.45) is 20.5 Å². The van der Waals surface area contributed by atoms with E-state index >= 15 is 0 Å². The summed E-state index contributed by atoms with van der Waals surface area (Å²) in [7, 11) is -4.74. The van der Waals surface area contributed by atoms with Crippen molar-refractivity contribution < 1.29 is 32.5 Å². The van der Waals surface area contributed by atoms with Crippen LogP contribution in [0.5, 0.6) is 5.75 Å². The van der Waals surface area contributed by atoms with Crippen molar-refractivity contribution in [2.45, 2.75) is 24.3 Å². The maximum Gasteiger partial charge on any atom is 0.296 e. The van der Waals surface area contributed by atoms with Crippen LogP contribution in [0.3, 0.4) is 0 Å². The first-order valence-electron chi connectivity index (χ1n) is 8.65. The summed E-state index contributed by atoms with van der Waals surface area (Å²) in [5.41, 5.74) is 0.435. The Morgan fingerprint density at radius 2 is 1.68 bits per heavy atom. The predicted molar refractivity (Wildman–Crippen MR) is 104 cm³/mol. The zero-order chi connectivity index (χ0) is 22.8. The number of azo groups is 2. The van der Waals surface area contributed by atoms with Crippen LogP contribution < -0.4 is 5.32 Å². The number of phenolic OH excluding ortho intramolecular Hbond substituents is 1. The summed E-state index contributed by atoms with van der Waals surface area (Å²) in [5, 5.41) is 26.3. The molecule has 2 aromatic carbocycles. The molecule has 3 N–H and O–H groups in total. The summed E-state index contributed by atoms with van der Waals surface area (Å²) in [6.45, 7) is 1.54. The average Bonchev–Trinajstić information content (AvgIpc) is 2.67. The van der Waals surface area contributed by atoms with Gasteiger partial charge in [0, 0.05) is 0 Å². The van der Waals surface area contributed by atoms with E-state index in [1.54, 1.807) is 0 Å². The molecule has 0 bridgehead atoms. The molecule has 1 unspecified atom stereocenters. The molecule has 12 nitrogen and oxygen atoms in total. The Bertz CT molecular complexity index is 1220. The molecular formula is C18H15N5O7S. The molecule has 0 radical (unpaired) electrons. The van der Waals surface area contributed by atoms with Gasteiger partial charge in [-0.2, -0.15) is 23.8 Å². The van der Waals surface area contributed by atoms with Crippen molar-refractivity contribution in [3.63, 3.8) is 0 Å². The number of Topliss-reactive ketones (excluding diaryl/α,β-unsaturated/α-hetero) is 1. The smallest absolute Gasteiger partial charge is 0.296 e. The number of ketones is 1. The molecule has 2 aromatic rings. The molecule has 0 saturated carbocycles. The molecule has 1 aliphatic rings. The third-order valence-corrected chi connectivity index (χ3v) is 4.99. The topological polar surface area (TPSA) is 187 Å². The van der Waals surface area contributed by atoms with Gasteiger partial charge in [-0.15, -0.1) is 5.11 Å². The summed E-state index contributed by atoms with van der Waals surface area (Å²) in [6.07, 6.45) is -0.527. The highest BCUT2D eigenvalue weighted by Gasteiger charge is 2.34. The molecule has 1 saturated heterocycles. The van der Waals surface area contributed by atoms with Crippen LogP contribution in [0, 0.1) is 6.92 Å². The lowest BCUT2D eigenvalue weighted by Gasteiger charge is -2.15. The number of aryl methyl sites for hydroxylation is 1. The van der Waals surface area contributed by atoms with Gasteiger partial charge < -0.3 is 5.11 Å². The number of nitrogens with zero attached hydrogens (tertiary/aromatic N) is 4. The van der Waals surface area contributed by atoms with E-state index in [9.17, 15) is 32.5 Å². The first-order chi connectivity index (χ1) is 14.5. The number of nitrogens with one attached hydrogen (secondary N) is 1. The van der Waals surface area contributed by atoms with Gasteiger partial charge in [0.15, 0.2) is 5.78 Å². The fourth-order valence-electron chi connectivity index (χ4n) is 2.57. The molecule has 0 spiro atoms. The first kappa shape index (κ1) is 21.9. The second kappa shape index (κ2) is 8.49. The molecule has 1 heterocycles. The number of carbonyl (C=O) groups is 3. The lowest BCUT2D eigenvalue weighted by molar-refractivity contribution is -0.140. The Kier molecular flexibility index (Phi) is 5.99. The van der Waals surface area contributed by atoms with E-state index in [0.717, 1.165) is 6.07 Å². The molecule has 2 amide bonds. The molecular weight excluding hydrogens is 430 g/mol. The van der Waals surface area contributed by atoms with Gasteiger partial charge in [-0.3, -0.25) is 24.3 Å². The molecule has 1 aliphatic heterocycles. The molecule has 1 atom stereocenters. The van der Waals surface area contributed by atoms with E-state index in [1.807, 2.05) is 5.32 Å². The normalized spacial score (nSPS) is 17.5. The molecule has 1 fully saturated rings. The number of hydrogen-bond acceptors (Lipinski definition) is 10. The van der Waals surface area contributed by atoms with Gasteiger partial charge in [-0.1, -0.05) is 0 Å². The van der Waals surface area contributed by atoms with Crippen molar-refractivity contribution in [1.29, 1.82) is 0 Å². The minimum absolute atomic E-state index is 0.0117. The second-order valence-electron chi connectivity index (χ2n) is 6.47. The summed E-state index contributed by atoms with van der Waals surface area (Å²) < 4.78 is 33.2. The van der Waals surface area contributed by atoms with Crippen LogP contribution in [0.15, 0.2) is 61.8 Å². The van der Waals surface area contributed by atoms with Crippen molar-refractivity contribution >= 4 is 44.8 Å². The largest absolute Gasteiger partial charge is 0.508 e. The van der Waals surface area contributed by atoms with Crippen LogP contribution in [0.25, 0.3) is 0 Å². The number of piperidine rings is 1. The molecule has 3 rings (SSSR count). The molecule has 13 heteroatoms. The van der Waals surface area contributed by atoms with E-state index in [4.69, 9.17) is 0 Å². The van der Waals surface area contributed by atoms with Crippen molar-refractivity contribution in [2.75, 3.05) is 0 Å². The highest BCUT2D eigenvalue weighted by atomic mass is 32.2. The number of aromatic hydroxyl groups is 1. The third kappa shape index (κ3) is 5.21. The molecule has 160 valence electrons. The van der Waals surface area contributed by atoms with Gasteiger partial charge in [0.2, 0.25) is 11.9 Å². The van der Waals surface area contributed by atoms with Crippen molar-refractivity contribution in [3.05, 3.63) is 42.0 Å². The number of hydrogen-bond donors (Lipinski definition) is 3. The fraction of sp³-hybridized carbons (Fsp3) is 0.167. The third-order valence-electron chi connectivity index (χ3n) is 4.11. The number of phenols is 1. The minimum atomic E-state index is -4.74. The van der Waals surface area contributed by atoms with Crippen molar-refractivity contribution in [1.82, 2.24) is 5.32 Å². The van der Waals surface area contributed by atoms with Crippen LogP contribution in [0.1, 0.15) is 12.0 Å². The zero-order valence-electron chi connectivity index (χ0n) is 15.9. The number of rotatable bonds is 5. The summed E-state index contributed by atoms with van der Waals surface area (Å²) in [6, 6.07) is 6.31. The highest BCUT2D eigenvalue weighted by Crippen LogP contribution is 2.34. The number of imide groups is 1. The van der Waals surface area contributed by atoms with Crippen molar-refractivity contribution in [3.8, 4) is 5.75 Å². The SMILES string of the molecule is Cc1cc(N=Nc2ccc(O)cc2)c(S(=O)(=O)O)cc1N=NC1C(=O)CC(=O)NC1=O. The Morgan fingerprint density at radius 3 is 2.29 bits per heavy atom. The van der Waals surface area contributed by atoms with Gasteiger partial charge in [0.25, 0.3) is 16.0 Å². The average molecular weight is 445 g/mol. The van der Waals surface area contributed by atoms with Crippen LogP contribution in [-0.4, -0.2) is 41.7 Å². The van der Waals surface area contributed by atoms with E-state index in [-0.39, 0.29) is 17.1 Å². The van der Waals surface area contributed by atoms with E-state index in [2.05, 4.69) is 20.5 Å². The zero-order valence-corrected chi connectivity index (χ0v) is 16.7. The maximum atomic E-state index is 11.8. The second-order valence-corrected chi connectivity index (χ2v) is 7.86. The standard InChI is InChI=1S/C18H15N5O7S/c1-9-6-13(22-20-10-2-4-11(24)5-3-10)15(31(28,29)30)7-12(9)21-23-17-14(25)8-16(26)19-18(17)27/h2-7,17,24H,8H2,1H3,(H,19,26,27)(H,28,29,30). The van der Waals surface area contributed by atoms with Gasteiger partial charge in [-0.25, -0.2) is 0 Å². The maximum absolute atomic E-state index is 11.8. The lowest BCUT2D eigenvalue weighted by Crippen LogP contribution is -2.48. The Hall–Kier alpha value is -3.84. The van der Waals surface area contributed by atoms with Crippen LogP contribution in [-0.2, 0) is 24.5 Å². The monoisotopic (exact) mass is 445 g/mol. The van der Waals surface area contributed by atoms with Gasteiger partial charge in [0.05, 0.1) is 17.8 Å². The lowest BCUT2D eigenvalue weighted by atomic mass is 10.1. The molecule has 0 aliphatic carbocycles. The van der Waals surface area contributed by atoms with Gasteiger partial charge in [0.1, 0.15) is 16.3 Å². The van der Waals surface area contributed by atoms with Crippen LogP contribution >= 0.6 is 0 Å². The predicted octanol–water partition coefficient (Wildman–Crippen LogP) is 2.43. The summed E-state index contributed by atoms with van der Waals surface area (Å²) in [5.74, 6) is -2.41. The summed E-state index contributed by atoms with van der Waals surface area (Å²) >= 11 is 0. The Labute approximate surface area is 175 Å². The van der Waals surface area contributed by atoms with Crippen LogP contribution in [0.4, 0.5) is 17.1 Å². The molecule has 31 heavy (non-hydrogen) atoms. The number of carbonyl (C=O) groups excluding carboxylic acids is 3. The Balaban J connectivity index is 1.96. The van der Waals surface area contributed by atoms with E-state index < -0.39 is 45.1 Å². The Morgan fingerprint density at radius 1 is 1.00 bits per heavy atom. The van der Waals surface area contributed by atoms with Crippen LogP contribution in [0.2, 0.25) is 0 Å². The fourth-order valence-corrected chi connectivity index (χ4v) is 3.20. The first-order valence-corrected chi connectivity index (χ1v) is 10.1. The van der Waals surface area contributed by atoms with Gasteiger partial charge >= 0.3 is 0 Å². The summed E-state index contributed by atoms with van der Waals surface area (Å²) in [4.78, 5) is 34.1.